The van der Waals surface area contributed by atoms with Crippen molar-refractivity contribution < 1.29 is 9.66 Å². The van der Waals surface area contributed by atoms with Crippen LogP contribution in [0.1, 0.15) is 5.56 Å². The number of nitro groups is 1. The molecule has 100 valence electrons. The Morgan fingerprint density at radius 2 is 2.00 bits per heavy atom. The number of hydrogen-bond donors (Lipinski definition) is 0. The Labute approximate surface area is 131 Å². The molecule has 0 N–H and O–H groups in total. The molecule has 20 heavy (non-hydrogen) atoms. The Morgan fingerprint density at radius 1 is 1.25 bits per heavy atom. The molecular weight excluding hydrogens is 392 g/mol. The van der Waals surface area contributed by atoms with E-state index in [9.17, 15) is 10.1 Å². The van der Waals surface area contributed by atoms with Gasteiger partial charge in [-0.1, -0.05) is 22.0 Å². The highest BCUT2D eigenvalue weighted by molar-refractivity contribution is 9.11. The van der Waals surface area contributed by atoms with Crippen molar-refractivity contribution in [2.75, 3.05) is 0 Å². The molecule has 0 radical (unpaired) electrons. The van der Waals surface area contributed by atoms with Crippen molar-refractivity contribution in [3.8, 4) is 17.6 Å². The highest BCUT2D eigenvalue weighted by atomic mass is 79.9. The van der Waals surface area contributed by atoms with Crippen LogP contribution in [-0.4, -0.2) is 4.92 Å². The molecule has 2 aromatic carbocycles. The first kappa shape index (κ1) is 14.5. The van der Waals surface area contributed by atoms with Gasteiger partial charge in [-0.05, 0) is 40.2 Å². The van der Waals surface area contributed by atoms with Crippen molar-refractivity contribution in [1.29, 1.82) is 5.26 Å². The smallest absolute Gasteiger partial charge is 0.287 e. The first-order valence-electron chi connectivity index (χ1n) is 5.32. The number of nitro benzene ring substituents is 1. The fraction of sp³-hybridized carbons (Fsp3) is 0. The lowest BCUT2D eigenvalue weighted by Gasteiger charge is -2.08. The summed E-state index contributed by atoms with van der Waals surface area (Å²) in [6.45, 7) is 0. The van der Waals surface area contributed by atoms with E-state index in [0.29, 0.717) is 21.5 Å². The number of halogens is 2. The fourth-order valence-electron chi connectivity index (χ4n) is 1.53. The van der Waals surface area contributed by atoms with E-state index in [1.165, 1.54) is 12.1 Å². The molecule has 0 spiro atoms. The quantitative estimate of drug-likeness (QED) is 0.551. The Kier molecular flexibility index (Phi) is 4.37. The van der Waals surface area contributed by atoms with E-state index in [-0.39, 0.29) is 10.2 Å². The van der Waals surface area contributed by atoms with Crippen LogP contribution < -0.4 is 4.74 Å². The van der Waals surface area contributed by atoms with Gasteiger partial charge in [0.2, 0.25) is 0 Å². The van der Waals surface area contributed by atoms with Crippen molar-refractivity contribution >= 4 is 37.5 Å². The van der Waals surface area contributed by atoms with Crippen LogP contribution in [0.3, 0.4) is 0 Å². The third kappa shape index (κ3) is 3.15. The third-order valence-corrected chi connectivity index (χ3v) is 3.62. The van der Waals surface area contributed by atoms with E-state index in [2.05, 4.69) is 31.9 Å². The number of nitriles is 1. The number of rotatable bonds is 3. The molecule has 0 aliphatic heterocycles. The molecule has 0 fully saturated rings. The zero-order valence-electron chi connectivity index (χ0n) is 9.84. The van der Waals surface area contributed by atoms with Crippen molar-refractivity contribution in [3.05, 3.63) is 61.0 Å². The number of nitrogens with zero attached hydrogens (tertiary/aromatic N) is 2. The van der Waals surface area contributed by atoms with Crippen LogP contribution in [0.25, 0.3) is 0 Å². The lowest BCUT2D eigenvalue weighted by molar-refractivity contribution is -0.385. The Balaban J connectivity index is 2.41. The molecule has 2 aromatic rings. The van der Waals surface area contributed by atoms with Gasteiger partial charge in [-0.25, -0.2) is 0 Å². The molecule has 0 unspecified atom stereocenters. The Morgan fingerprint density at radius 3 is 2.65 bits per heavy atom. The van der Waals surface area contributed by atoms with Crippen molar-refractivity contribution in [2.45, 2.75) is 0 Å². The van der Waals surface area contributed by atoms with Crippen LogP contribution in [0.2, 0.25) is 0 Å². The summed E-state index contributed by atoms with van der Waals surface area (Å²) < 4.78 is 6.53. The van der Waals surface area contributed by atoms with E-state index < -0.39 is 4.92 Å². The summed E-state index contributed by atoms with van der Waals surface area (Å²) in [6, 6.07) is 11.4. The first-order chi connectivity index (χ1) is 9.51. The zero-order chi connectivity index (χ0) is 14.7. The summed E-state index contributed by atoms with van der Waals surface area (Å²) >= 11 is 6.42. The maximum atomic E-state index is 10.9. The maximum absolute atomic E-state index is 10.9. The average Bonchev–Trinajstić information content (AvgIpc) is 2.40. The van der Waals surface area contributed by atoms with E-state index in [1.807, 2.05) is 6.07 Å². The fourth-order valence-corrected chi connectivity index (χ4v) is 2.49. The predicted molar refractivity (Wildman–Crippen MR) is 79.7 cm³/mol. The van der Waals surface area contributed by atoms with Gasteiger partial charge in [-0.2, -0.15) is 5.26 Å². The van der Waals surface area contributed by atoms with E-state index in [4.69, 9.17) is 10.00 Å². The normalized spacial score (nSPS) is 9.85. The molecule has 0 aromatic heterocycles. The third-order valence-electron chi connectivity index (χ3n) is 2.37. The molecule has 2 rings (SSSR count). The topological polar surface area (TPSA) is 76.2 Å². The highest BCUT2D eigenvalue weighted by Crippen LogP contribution is 2.37. The summed E-state index contributed by atoms with van der Waals surface area (Å²) in [5, 5.41) is 19.7. The summed E-state index contributed by atoms with van der Waals surface area (Å²) in [5.74, 6) is 0.721. The molecule has 0 saturated heterocycles. The van der Waals surface area contributed by atoms with Crippen LogP contribution in [0.5, 0.6) is 11.5 Å². The van der Waals surface area contributed by atoms with Crippen molar-refractivity contribution in [2.24, 2.45) is 0 Å². The molecule has 0 aliphatic carbocycles. The lowest BCUT2D eigenvalue weighted by atomic mass is 10.2. The molecule has 0 amide bonds. The van der Waals surface area contributed by atoms with Gasteiger partial charge in [-0.15, -0.1) is 0 Å². The van der Waals surface area contributed by atoms with Gasteiger partial charge < -0.3 is 4.74 Å². The minimum Gasteiger partial charge on any atom is -0.456 e. The monoisotopic (exact) mass is 396 g/mol. The van der Waals surface area contributed by atoms with E-state index in [0.717, 1.165) is 0 Å². The van der Waals surface area contributed by atoms with Crippen LogP contribution >= 0.6 is 31.9 Å². The van der Waals surface area contributed by atoms with E-state index in [1.54, 1.807) is 24.3 Å². The van der Waals surface area contributed by atoms with Gasteiger partial charge in [0.1, 0.15) is 16.0 Å². The van der Waals surface area contributed by atoms with Crippen LogP contribution in [-0.2, 0) is 0 Å². The molecule has 0 saturated carbocycles. The molecule has 0 heterocycles. The average molecular weight is 398 g/mol. The zero-order valence-corrected chi connectivity index (χ0v) is 13.0. The van der Waals surface area contributed by atoms with Crippen molar-refractivity contribution in [1.82, 2.24) is 0 Å². The Hall–Kier alpha value is -1.91. The second-order valence-corrected chi connectivity index (χ2v) is 5.44. The predicted octanol–water partition coefficient (Wildman–Crippen LogP) is 4.78. The SMILES string of the molecule is N#Cc1cc(Br)cc(Oc2cccc([N+](=O)[O-])c2Br)c1. The molecule has 5 nitrogen and oxygen atoms in total. The minimum absolute atomic E-state index is 0.0852. The molecule has 0 bridgehead atoms. The van der Waals surface area contributed by atoms with Crippen LogP contribution in [0.4, 0.5) is 5.69 Å². The second-order valence-electron chi connectivity index (χ2n) is 3.74. The number of benzene rings is 2. The first-order valence-corrected chi connectivity index (χ1v) is 6.91. The van der Waals surface area contributed by atoms with Gasteiger partial charge in [0.25, 0.3) is 5.69 Å². The van der Waals surface area contributed by atoms with Gasteiger partial charge in [0.05, 0.1) is 16.6 Å². The van der Waals surface area contributed by atoms with E-state index >= 15 is 0 Å². The highest BCUT2D eigenvalue weighted by Gasteiger charge is 2.16. The van der Waals surface area contributed by atoms with Crippen LogP contribution in [0, 0.1) is 21.4 Å². The minimum atomic E-state index is -0.501. The molecular formula is C13H6Br2N2O3. The number of ether oxygens (including phenoxy) is 1. The summed E-state index contributed by atoms with van der Waals surface area (Å²) in [7, 11) is 0. The Bertz CT molecular complexity index is 726. The maximum Gasteiger partial charge on any atom is 0.287 e. The van der Waals surface area contributed by atoms with Crippen LogP contribution in [0.15, 0.2) is 45.3 Å². The summed E-state index contributed by atoms with van der Waals surface area (Å²) in [5.41, 5.74) is 0.342. The largest absolute Gasteiger partial charge is 0.456 e. The van der Waals surface area contributed by atoms with Gasteiger partial charge in [0, 0.05) is 10.5 Å². The molecule has 0 aliphatic rings. The molecule has 0 atom stereocenters. The molecule has 7 heteroatoms. The van der Waals surface area contributed by atoms with Crippen molar-refractivity contribution in [3.63, 3.8) is 0 Å². The standard InChI is InChI=1S/C13H6Br2N2O3/c14-9-4-8(7-16)5-10(6-9)20-12-3-1-2-11(13(12)15)17(18)19/h1-6H. The van der Waals surface area contributed by atoms with Gasteiger partial charge in [-0.3, -0.25) is 10.1 Å². The number of hydrogen-bond acceptors (Lipinski definition) is 4. The lowest BCUT2D eigenvalue weighted by Crippen LogP contribution is -1.92. The summed E-state index contributed by atoms with van der Waals surface area (Å²) in [6.07, 6.45) is 0. The second kappa shape index (κ2) is 6.03. The summed E-state index contributed by atoms with van der Waals surface area (Å²) in [4.78, 5) is 10.3. The van der Waals surface area contributed by atoms with Gasteiger partial charge >= 0.3 is 0 Å². The van der Waals surface area contributed by atoms with Gasteiger partial charge in [0.15, 0.2) is 0 Å².